The topological polar surface area (TPSA) is 344 Å². The van der Waals surface area contributed by atoms with Crippen LogP contribution in [0.2, 0.25) is 8.47 Å². The van der Waals surface area contributed by atoms with E-state index in [1.807, 2.05) is 19.0 Å². The smallest absolute Gasteiger partial charge is 0.407 e. The lowest BCUT2D eigenvalue weighted by Gasteiger charge is -2.09. The number of hydrogen-bond donors (Lipinski definition) is 12. The van der Waals surface area contributed by atoms with Crippen LogP contribution in [0.1, 0.15) is 128 Å². The van der Waals surface area contributed by atoms with Crippen molar-refractivity contribution in [1.82, 2.24) is 91.2 Å². The second kappa shape index (κ2) is 43.7. The lowest BCUT2D eigenvalue weighted by molar-refractivity contribution is 0.176. The summed E-state index contributed by atoms with van der Waals surface area (Å²) >= 11 is 0. The molecule has 672 valence electrons. The first-order valence-electron chi connectivity index (χ1n) is 64.3. The van der Waals surface area contributed by atoms with E-state index in [2.05, 4.69) is 30.9 Å². The molecule has 0 unspecified atom stereocenters. The molecular formula is C96H126N18O12. The number of aromatic amines is 6. The minimum atomic E-state index is -3.58. The van der Waals surface area contributed by atoms with Crippen molar-refractivity contribution in [3.8, 4) is 0 Å². The molecule has 12 N–H and O–H groups in total. The number of carbonyl (C=O) groups excluding carboxylic acids is 6. The number of amides is 6. The summed E-state index contributed by atoms with van der Waals surface area (Å²) in [5, 5.41) is 10.1. The number of nitrogens with one attached hydrogen (secondary N) is 12. The Bertz CT molecular complexity index is 8230. The highest BCUT2D eigenvalue weighted by Gasteiger charge is 2.29. The molecule has 126 heavy (non-hydrogen) atoms. The quantitative estimate of drug-likeness (QED) is 0.0186. The summed E-state index contributed by atoms with van der Waals surface area (Å²) in [6, 6.07) is 3.03. The van der Waals surface area contributed by atoms with Crippen LogP contribution in [0.3, 0.4) is 0 Å². The molecule has 18 rings (SSSR count). The van der Waals surface area contributed by atoms with Gasteiger partial charge in [0.25, 0.3) is 0 Å². The van der Waals surface area contributed by atoms with E-state index in [0.29, 0.717) is 99.1 Å². The minimum Gasteiger partial charge on any atom is -0.447 e. The van der Waals surface area contributed by atoms with E-state index in [0.717, 1.165) is 51.4 Å². The fourth-order valence-corrected chi connectivity index (χ4v) is 13.2. The fraction of sp³-hybridized carbons (Fsp3) is 0.438. The number of aryl methyl sites for hydroxylation is 3. The molecule has 6 aliphatic heterocycles. The number of carbonyl (C=O) groups is 6. The molecule has 6 aliphatic rings. The molecule has 30 heteroatoms. The van der Waals surface area contributed by atoms with Gasteiger partial charge in [0.2, 0.25) is 0 Å². The lowest BCUT2D eigenvalue weighted by atomic mass is 10.0. The van der Waals surface area contributed by atoms with Gasteiger partial charge < -0.3 is 120 Å². The van der Waals surface area contributed by atoms with Crippen molar-refractivity contribution in [3.63, 3.8) is 0 Å². The molecule has 30 nitrogen and oxygen atoms in total. The number of rotatable bonds is 30. The van der Waals surface area contributed by atoms with Crippen molar-refractivity contribution in [3.05, 3.63) is 213 Å². The Morgan fingerprint density at radius 1 is 0.333 bits per heavy atom. The molecule has 0 spiro atoms. The zero-order valence-corrected chi connectivity index (χ0v) is 69.2. The third-order valence-electron chi connectivity index (χ3n) is 19.2. The summed E-state index contributed by atoms with van der Waals surface area (Å²) in [6.07, 6.45) is -5.20. The first-order chi connectivity index (χ1) is 80.8. The monoisotopic (exact) mass is 1770 g/mol. The van der Waals surface area contributed by atoms with Crippen LogP contribution in [0.15, 0.2) is 146 Å². The van der Waals surface area contributed by atoms with Crippen LogP contribution in [0.4, 0.5) is 28.8 Å². The number of cyclic esters (lactones) is 6. The Morgan fingerprint density at radius 3 is 0.937 bits per heavy atom. The van der Waals surface area contributed by atoms with Gasteiger partial charge in [0, 0.05) is 183 Å². The Kier molecular flexibility index (Phi) is 16.1. The van der Waals surface area contributed by atoms with Crippen molar-refractivity contribution in [2.75, 3.05) is 163 Å². The molecule has 0 bridgehead atoms. The summed E-state index contributed by atoms with van der Waals surface area (Å²) in [5.74, 6) is 0. The van der Waals surface area contributed by atoms with Gasteiger partial charge in [-0.15, -0.1) is 0 Å². The number of aromatic nitrogens is 6. The van der Waals surface area contributed by atoms with E-state index in [1.165, 1.54) is 68.8 Å². The van der Waals surface area contributed by atoms with Crippen molar-refractivity contribution < 1.29 is 127 Å². The van der Waals surface area contributed by atoms with E-state index in [9.17, 15) is 28.8 Å². The van der Waals surface area contributed by atoms with Gasteiger partial charge in [0.05, 0.1) is 56.7 Å². The number of benzene rings is 6. The van der Waals surface area contributed by atoms with Gasteiger partial charge >= 0.3 is 36.6 Å². The molecule has 12 aromatic rings. The fourth-order valence-electron chi connectivity index (χ4n) is 13.2. The number of hydrogen-bond acceptors (Lipinski definition) is 18. The van der Waals surface area contributed by atoms with E-state index < -0.39 is 170 Å². The third kappa shape index (κ3) is 26.5. The molecule has 0 saturated carbocycles. The zero-order valence-electron chi connectivity index (χ0n) is 120. The standard InChI is InChI=1S/6C16H21N3O2/c6*1-19(2)6-5-12-9-17-15-4-3-11(8-14(12)15)7-13-10-21-16(20)18-13/h6*3-4,8-9,13,17H,5-7,10H2,1-2H3,(H,18,20)/t6*13-/m000000/s1/i1D3,2D3,3D,4D,8D,13D;1D3,3D,4D,8D,13D;1D3,2D3,5D2,6D2,13D;3D,4D,8D,13D;1D3,5D2,6D2,13D;5D2,6D2,13D/hD6. The van der Waals surface area contributed by atoms with Crippen molar-refractivity contribution >= 4 is 102 Å². The number of fused-ring (bicyclic) bond motifs is 6. The van der Waals surface area contributed by atoms with Crippen LogP contribution >= 0.6 is 0 Å². The van der Waals surface area contributed by atoms with Crippen molar-refractivity contribution in [1.29, 1.82) is 0 Å². The van der Waals surface area contributed by atoms with Crippen LogP contribution in [0.5, 0.6) is 0 Å². The molecule has 0 aliphatic carbocycles. The second-order valence-electron chi connectivity index (χ2n) is 29.6. The number of ether oxygens (including phenoxy) is 6. The van der Waals surface area contributed by atoms with Gasteiger partial charge in [0.1, 0.15) is 39.6 Å². The average Bonchev–Trinajstić information content (AvgIpc) is 1.59. The first kappa shape index (κ1) is 46.4. The van der Waals surface area contributed by atoms with Crippen LogP contribution < -0.4 is 31.9 Å². The molecule has 6 fully saturated rings. The molecule has 0 radical (unpaired) electrons. The van der Waals surface area contributed by atoms with Crippen molar-refractivity contribution in [2.45, 2.75) is 113 Å². The molecule has 6 saturated heterocycles. The van der Waals surface area contributed by atoms with E-state index >= 15 is 0 Å². The van der Waals surface area contributed by atoms with Gasteiger partial charge in [-0.1, -0.05) is 36.3 Å². The SMILES string of the molecule is [2H]N1C(=O)OC[C@]1([2H])Cc1ccc2c(c1)c(C([2H])([2H])C([2H])([2H])N(C([2H])([2H])[2H])C([2H])([2H])[2H])cn2[2H].[2H]N1C(=O)OC[C@]1([2H])Cc1ccc2c(c1)c(C([2H])([2H])C([2H])([2H])N(C)C([2H])([2H])[2H])cn2[2H].[2H]N1C(=O)OC[C@]1([2H])Cc1ccc2c(c1)c(C([2H])([2H])C([2H])([2H])N(C)C)cn2[2H].[2H]c1c(C[C@@]2([2H])COC(=O)N2)c([2H])c2c(CCN(C([2H])([2H])[2H])C([2H])([2H])[2H])c[nH]c2c1[2H].[2H]c1c(C[C@@]2([2H])COC(=O)N2)c([2H])c2c(CCN(C)C([2H])([2H])[2H])c[nH]c2c1[2H].[2H]c1c(C[C@@]2([2H])COC(=O)N2)c([2H])c2c(CCN(C)C)c[nH]c2c1[2H]. The Labute approximate surface area is 808 Å². The van der Waals surface area contributed by atoms with Gasteiger partial charge in [0.15, 0.2) is 8.47 Å². The molecule has 6 aromatic carbocycles. The molecule has 12 heterocycles. The molecule has 6 amide bonds. The van der Waals surface area contributed by atoms with E-state index in [-0.39, 0.29) is 206 Å². The Hall–Kier alpha value is -12.1. The Balaban J connectivity index is 0.000000173. The zero-order chi connectivity index (χ0) is 133. The van der Waals surface area contributed by atoms with Gasteiger partial charge in [-0.05, 0) is 300 Å². The maximum atomic E-state index is 11.5. The average molecular weight is 1780 g/mol. The van der Waals surface area contributed by atoms with Crippen LogP contribution in [0, 0.1) is 0 Å². The molecule has 6 aromatic heterocycles. The second-order valence-corrected chi connectivity index (χ2v) is 29.6. The largest absolute Gasteiger partial charge is 0.447 e. The first-order valence-corrected chi connectivity index (χ1v) is 39.1. The number of nitrogens with zero attached hydrogens (tertiary/aromatic N) is 6. The summed E-state index contributed by atoms with van der Waals surface area (Å²) in [7, 11) is 9.25. The lowest BCUT2D eigenvalue weighted by Crippen LogP contribution is -2.28. The maximum Gasteiger partial charge on any atom is 0.407 e. The maximum absolute atomic E-state index is 11.5. The summed E-state index contributed by atoms with van der Waals surface area (Å²) in [4.78, 5) is 84.2. The highest BCUT2D eigenvalue weighted by atomic mass is 16.6. The third-order valence-corrected chi connectivity index (χ3v) is 19.2. The van der Waals surface area contributed by atoms with E-state index in [4.69, 9.17) is 98.6 Å². The van der Waals surface area contributed by atoms with Crippen molar-refractivity contribution in [2.24, 2.45) is 0 Å². The van der Waals surface area contributed by atoms with Gasteiger partial charge in [-0.2, -0.15) is 0 Å². The predicted molar refractivity (Wildman–Crippen MR) is 495 cm³/mol. The van der Waals surface area contributed by atoms with E-state index in [1.54, 1.807) is 36.7 Å². The minimum absolute atomic E-state index is 0.00318. The normalized spacial score (nSPS) is 29.1. The summed E-state index contributed by atoms with van der Waals surface area (Å²) in [6.45, 7) is -27.7. The summed E-state index contributed by atoms with van der Waals surface area (Å²) < 4.78 is 435. The summed E-state index contributed by atoms with van der Waals surface area (Å²) in [5.41, 5.74) is 4.83. The number of H-pyrrole nitrogens is 6. The van der Waals surface area contributed by atoms with Crippen LogP contribution in [-0.4, -0.2) is 295 Å². The van der Waals surface area contributed by atoms with Crippen LogP contribution in [0.25, 0.3) is 65.4 Å². The Morgan fingerprint density at radius 2 is 0.635 bits per heavy atom. The number of alkyl carbamates (subject to hydrolysis) is 6. The van der Waals surface area contributed by atoms with Crippen LogP contribution in [-0.2, 0) is 105 Å². The molecular weight excluding hydrogens is 1600 g/mol. The number of likely N-dealkylation sites (N-methyl/N-ethyl adjacent to an activating group) is 6. The predicted octanol–water partition coefficient (Wildman–Crippen LogP) is 11.5. The molecule has 6 atom stereocenters. The van der Waals surface area contributed by atoms with Gasteiger partial charge in [-0.25, -0.2) is 28.8 Å². The highest BCUT2D eigenvalue weighted by Crippen LogP contribution is 2.29. The highest BCUT2D eigenvalue weighted by molar-refractivity contribution is 5.88. The van der Waals surface area contributed by atoms with Gasteiger partial charge in [-0.3, -0.25) is 0 Å².